The van der Waals surface area contributed by atoms with Gasteiger partial charge < -0.3 is 0 Å². The standard InChI is InChI=1S/C13H7Br2N3OS2/c14-8-4-10(21-11(8)15)12(19)18-13-17-9(6-20-13)7-2-1-3-16-5-7/h1-6H,(H,17,18,19). The van der Waals surface area contributed by atoms with Crippen LogP contribution < -0.4 is 5.32 Å². The van der Waals surface area contributed by atoms with Crippen LogP contribution in [-0.2, 0) is 0 Å². The van der Waals surface area contributed by atoms with Gasteiger partial charge in [-0.2, -0.15) is 0 Å². The summed E-state index contributed by atoms with van der Waals surface area (Å²) < 4.78 is 1.76. The molecule has 0 bridgehead atoms. The number of nitrogens with zero attached hydrogens (tertiary/aromatic N) is 2. The fourth-order valence-corrected chi connectivity index (χ4v) is 4.24. The normalized spacial score (nSPS) is 10.6. The SMILES string of the molecule is O=C(Nc1nc(-c2cccnc2)cs1)c1cc(Br)c(Br)s1. The van der Waals surface area contributed by atoms with Gasteiger partial charge in [0.15, 0.2) is 5.13 Å². The van der Waals surface area contributed by atoms with Crippen molar-refractivity contribution in [3.05, 3.63) is 49.1 Å². The number of anilines is 1. The monoisotopic (exact) mass is 443 g/mol. The van der Waals surface area contributed by atoms with Crippen molar-refractivity contribution in [3.8, 4) is 11.3 Å². The van der Waals surface area contributed by atoms with Crippen LogP contribution in [0.1, 0.15) is 9.67 Å². The van der Waals surface area contributed by atoms with Gasteiger partial charge in [0, 0.05) is 27.8 Å². The Hall–Kier alpha value is -1.09. The van der Waals surface area contributed by atoms with Gasteiger partial charge in [-0.1, -0.05) is 0 Å². The lowest BCUT2D eigenvalue weighted by molar-refractivity contribution is 0.103. The first-order chi connectivity index (χ1) is 10.1. The fourth-order valence-electron chi connectivity index (χ4n) is 1.60. The highest BCUT2D eigenvalue weighted by Crippen LogP contribution is 2.33. The summed E-state index contributed by atoms with van der Waals surface area (Å²) in [5.74, 6) is -0.168. The third-order valence-corrected chi connectivity index (χ3v) is 6.56. The summed E-state index contributed by atoms with van der Waals surface area (Å²) in [4.78, 5) is 21.2. The number of pyridine rings is 1. The Kier molecular flexibility index (Phi) is 4.48. The van der Waals surface area contributed by atoms with Crippen molar-refractivity contribution in [2.24, 2.45) is 0 Å². The molecule has 0 aromatic carbocycles. The van der Waals surface area contributed by atoms with Crippen molar-refractivity contribution in [3.63, 3.8) is 0 Å². The van der Waals surface area contributed by atoms with Gasteiger partial charge in [-0.15, -0.1) is 22.7 Å². The molecule has 1 amide bonds. The smallest absolute Gasteiger partial charge is 0.267 e. The van der Waals surface area contributed by atoms with Crippen molar-refractivity contribution in [2.75, 3.05) is 5.32 Å². The molecule has 1 N–H and O–H groups in total. The van der Waals surface area contributed by atoms with Crippen molar-refractivity contribution in [1.82, 2.24) is 9.97 Å². The van der Waals surface area contributed by atoms with E-state index in [0.717, 1.165) is 19.5 Å². The summed E-state index contributed by atoms with van der Waals surface area (Å²) in [5, 5.41) is 5.27. The Morgan fingerprint density at radius 1 is 1.33 bits per heavy atom. The van der Waals surface area contributed by atoms with E-state index in [4.69, 9.17) is 0 Å². The van der Waals surface area contributed by atoms with E-state index >= 15 is 0 Å². The molecule has 0 atom stereocenters. The molecule has 4 nitrogen and oxygen atoms in total. The first-order valence-electron chi connectivity index (χ1n) is 5.75. The second kappa shape index (κ2) is 6.35. The van der Waals surface area contributed by atoms with Crippen LogP contribution in [0.3, 0.4) is 0 Å². The number of carbonyl (C=O) groups excluding carboxylic acids is 1. The lowest BCUT2D eigenvalue weighted by atomic mass is 10.2. The quantitative estimate of drug-likeness (QED) is 0.615. The van der Waals surface area contributed by atoms with Gasteiger partial charge in [-0.25, -0.2) is 4.98 Å². The zero-order valence-corrected chi connectivity index (χ0v) is 15.1. The van der Waals surface area contributed by atoms with Gasteiger partial charge in [0.1, 0.15) is 0 Å². The third-order valence-electron chi connectivity index (χ3n) is 2.55. The average Bonchev–Trinajstić information content (AvgIpc) is 3.08. The maximum Gasteiger partial charge on any atom is 0.267 e. The van der Waals surface area contributed by atoms with E-state index in [2.05, 4.69) is 47.1 Å². The van der Waals surface area contributed by atoms with E-state index in [9.17, 15) is 4.79 Å². The second-order valence-corrected chi connectivity index (χ2v) is 8.05. The number of thiophene rings is 1. The lowest BCUT2D eigenvalue weighted by Gasteiger charge is -1.98. The Labute approximate surface area is 145 Å². The summed E-state index contributed by atoms with van der Waals surface area (Å²) in [6, 6.07) is 5.56. The maximum atomic E-state index is 12.1. The van der Waals surface area contributed by atoms with Crippen LogP contribution in [0.25, 0.3) is 11.3 Å². The number of amides is 1. The Balaban J connectivity index is 1.77. The summed E-state index contributed by atoms with van der Waals surface area (Å²) in [7, 11) is 0. The molecule has 3 aromatic heterocycles. The van der Waals surface area contributed by atoms with E-state index in [1.165, 1.54) is 22.7 Å². The first kappa shape index (κ1) is 14.8. The summed E-state index contributed by atoms with van der Waals surface area (Å²) >= 11 is 9.50. The molecule has 0 aliphatic rings. The van der Waals surface area contributed by atoms with Crippen LogP contribution in [0.15, 0.2) is 44.2 Å². The highest BCUT2D eigenvalue weighted by Gasteiger charge is 2.14. The Morgan fingerprint density at radius 2 is 2.19 bits per heavy atom. The van der Waals surface area contributed by atoms with Gasteiger partial charge in [-0.05, 0) is 50.1 Å². The molecule has 0 unspecified atom stereocenters. The summed E-state index contributed by atoms with van der Waals surface area (Å²) in [6.07, 6.45) is 3.46. The van der Waals surface area contributed by atoms with Crippen LogP contribution in [0, 0.1) is 0 Å². The minimum atomic E-state index is -0.168. The molecule has 0 spiro atoms. The number of halogens is 2. The van der Waals surface area contributed by atoms with Gasteiger partial charge in [0.2, 0.25) is 0 Å². The van der Waals surface area contributed by atoms with Gasteiger partial charge in [-0.3, -0.25) is 15.1 Å². The predicted molar refractivity (Wildman–Crippen MR) is 93.0 cm³/mol. The van der Waals surface area contributed by atoms with Gasteiger partial charge in [0.05, 0.1) is 14.4 Å². The highest BCUT2D eigenvalue weighted by atomic mass is 79.9. The molecule has 8 heteroatoms. The summed E-state index contributed by atoms with van der Waals surface area (Å²) in [5.41, 5.74) is 1.73. The molecule has 0 aliphatic carbocycles. The Morgan fingerprint density at radius 3 is 2.86 bits per heavy atom. The minimum absolute atomic E-state index is 0.168. The van der Waals surface area contributed by atoms with E-state index in [1.54, 1.807) is 18.5 Å². The molecule has 0 aliphatic heterocycles. The van der Waals surface area contributed by atoms with Crippen molar-refractivity contribution in [2.45, 2.75) is 0 Å². The van der Waals surface area contributed by atoms with Crippen molar-refractivity contribution in [1.29, 1.82) is 0 Å². The van der Waals surface area contributed by atoms with E-state index in [1.807, 2.05) is 17.5 Å². The van der Waals surface area contributed by atoms with Crippen LogP contribution in [0.2, 0.25) is 0 Å². The third kappa shape index (κ3) is 3.39. The summed E-state index contributed by atoms with van der Waals surface area (Å²) in [6.45, 7) is 0. The molecule has 0 saturated heterocycles. The first-order valence-corrected chi connectivity index (χ1v) is 9.04. The molecule has 0 fully saturated rings. The molecular formula is C13H7Br2N3OS2. The second-order valence-electron chi connectivity index (χ2n) is 3.97. The number of thiazole rings is 1. The average molecular weight is 445 g/mol. The van der Waals surface area contributed by atoms with Gasteiger partial charge in [0.25, 0.3) is 5.91 Å². The number of hydrogen-bond donors (Lipinski definition) is 1. The van der Waals surface area contributed by atoms with Crippen molar-refractivity contribution < 1.29 is 4.79 Å². The van der Waals surface area contributed by atoms with Crippen LogP contribution in [0.5, 0.6) is 0 Å². The zero-order valence-electron chi connectivity index (χ0n) is 10.3. The number of carbonyl (C=O) groups is 1. The topological polar surface area (TPSA) is 54.9 Å². The molecule has 3 heterocycles. The number of nitrogens with one attached hydrogen (secondary N) is 1. The number of hydrogen-bond acceptors (Lipinski definition) is 5. The van der Waals surface area contributed by atoms with E-state index in [0.29, 0.717) is 10.0 Å². The molecule has 21 heavy (non-hydrogen) atoms. The van der Waals surface area contributed by atoms with Crippen molar-refractivity contribution >= 4 is 65.6 Å². The molecule has 3 aromatic rings. The van der Waals surface area contributed by atoms with E-state index in [-0.39, 0.29) is 5.91 Å². The van der Waals surface area contributed by atoms with Crippen LogP contribution in [-0.4, -0.2) is 15.9 Å². The predicted octanol–water partition coefficient (Wildman–Crippen LogP) is 5.04. The lowest BCUT2D eigenvalue weighted by Crippen LogP contribution is -2.09. The molecule has 106 valence electrons. The number of rotatable bonds is 3. The zero-order chi connectivity index (χ0) is 14.8. The molecular weight excluding hydrogens is 438 g/mol. The Bertz CT molecular complexity index is 766. The van der Waals surface area contributed by atoms with Gasteiger partial charge >= 0.3 is 0 Å². The maximum absolute atomic E-state index is 12.1. The van der Waals surface area contributed by atoms with E-state index < -0.39 is 0 Å². The largest absolute Gasteiger partial charge is 0.297 e. The van der Waals surface area contributed by atoms with Crippen LogP contribution >= 0.6 is 54.5 Å². The molecule has 0 saturated carbocycles. The highest BCUT2D eigenvalue weighted by molar-refractivity contribution is 9.13. The fraction of sp³-hybridized carbons (Fsp3) is 0. The molecule has 3 rings (SSSR count). The number of aromatic nitrogens is 2. The van der Waals surface area contributed by atoms with Crippen LogP contribution in [0.4, 0.5) is 5.13 Å². The minimum Gasteiger partial charge on any atom is -0.297 e. The molecule has 0 radical (unpaired) electrons.